The smallest absolute Gasteiger partial charge is 0.0343 e. The van der Waals surface area contributed by atoms with E-state index in [9.17, 15) is 0 Å². The third-order valence-corrected chi connectivity index (χ3v) is 3.22. The molecule has 1 heteroatoms. The van der Waals surface area contributed by atoms with Crippen molar-refractivity contribution < 1.29 is 0 Å². The van der Waals surface area contributed by atoms with Crippen molar-refractivity contribution in [2.24, 2.45) is 0 Å². The maximum atomic E-state index is 4.14. The molecule has 0 spiro atoms. The molecule has 1 nitrogen and oxygen atoms in total. The Bertz CT molecular complexity index is 329. The van der Waals surface area contributed by atoms with Crippen LogP contribution in [0.5, 0.6) is 0 Å². The molecule has 0 amide bonds. The molecule has 0 aliphatic heterocycles. The fourth-order valence-electron chi connectivity index (χ4n) is 2.32. The minimum absolute atomic E-state index is 0.391. The third kappa shape index (κ3) is 4.01. The molecule has 0 saturated carbocycles. The summed E-state index contributed by atoms with van der Waals surface area (Å²) in [7, 11) is 0. The van der Waals surface area contributed by atoms with E-state index < -0.39 is 0 Å². The summed E-state index contributed by atoms with van der Waals surface area (Å²) in [4.78, 5) is 0. The molecule has 0 fully saturated rings. The summed E-state index contributed by atoms with van der Waals surface area (Å²) < 4.78 is 0. The first-order valence-electron chi connectivity index (χ1n) is 6.64. The molecule has 0 bridgehead atoms. The number of rotatable bonds is 7. The van der Waals surface area contributed by atoms with Gasteiger partial charge in [-0.2, -0.15) is 0 Å². The molecule has 1 aromatic carbocycles. The Morgan fingerprint density at radius 2 is 1.88 bits per heavy atom. The van der Waals surface area contributed by atoms with E-state index in [4.69, 9.17) is 0 Å². The van der Waals surface area contributed by atoms with E-state index in [-0.39, 0.29) is 0 Å². The zero-order chi connectivity index (χ0) is 12.7. The molecule has 1 aromatic rings. The van der Waals surface area contributed by atoms with Crippen LogP contribution in [0.2, 0.25) is 0 Å². The molecule has 0 aliphatic rings. The highest BCUT2D eigenvalue weighted by molar-refractivity contribution is 5.25. The molecular weight excluding hydrogens is 206 g/mol. The molecule has 94 valence electrons. The van der Waals surface area contributed by atoms with Crippen molar-refractivity contribution in [1.29, 1.82) is 0 Å². The second-order valence-electron chi connectivity index (χ2n) is 4.70. The Hall–Kier alpha value is -1.08. The van der Waals surface area contributed by atoms with Crippen LogP contribution in [0.4, 0.5) is 0 Å². The molecule has 2 unspecified atom stereocenters. The molecule has 0 radical (unpaired) electrons. The number of hydrogen-bond donors (Lipinski definition) is 1. The van der Waals surface area contributed by atoms with E-state index in [0.29, 0.717) is 12.0 Å². The molecule has 1 rings (SSSR count). The Morgan fingerprint density at radius 3 is 2.35 bits per heavy atom. The summed E-state index contributed by atoms with van der Waals surface area (Å²) in [6.07, 6.45) is 2.30. The summed E-state index contributed by atoms with van der Waals surface area (Å²) in [5.41, 5.74) is 2.64. The van der Waals surface area contributed by atoms with Gasteiger partial charge in [0, 0.05) is 12.0 Å². The monoisotopic (exact) mass is 231 g/mol. The van der Waals surface area contributed by atoms with Gasteiger partial charge in [-0.05, 0) is 31.9 Å². The third-order valence-electron chi connectivity index (χ3n) is 3.22. The van der Waals surface area contributed by atoms with Gasteiger partial charge < -0.3 is 5.32 Å². The van der Waals surface area contributed by atoms with E-state index in [2.05, 4.69) is 63.0 Å². The van der Waals surface area contributed by atoms with Gasteiger partial charge in [0.25, 0.3) is 0 Å². The molecule has 0 saturated heterocycles. The lowest BCUT2D eigenvalue weighted by Gasteiger charge is -2.28. The van der Waals surface area contributed by atoms with E-state index >= 15 is 0 Å². The van der Waals surface area contributed by atoms with Crippen molar-refractivity contribution in [1.82, 2.24) is 5.32 Å². The Balaban J connectivity index is 2.85. The fourth-order valence-corrected chi connectivity index (χ4v) is 2.32. The number of benzene rings is 1. The van der Waals surface area contributed by atoms with Gasteiger partial charge in [-0.15, -0.1) is 0 Å². The van der Waals surface area contributed by atoms with Crippen LogP contribution in [0, 0.1) is 0 Å². The van der Waals surface area contributed by atoms with E-state index in [0.717, 1.165) is 19.4 Å². The highest BCUT2D eigenvalue weighted by Crippen LogP contribution is 2.26. The van der Waals surface area contributed by atoms with Crippen LogP contribution < -0.4 is 5.32 Å². The minimum Gasteiger partial charge on any atom is -0.310 e. The van der Waals surface area contributed by atoms with Crippen molar-refractivity contribution in [2.45, 2.75) is 45.6 Å². The maximum absolute atomic E-state index is 4.14. The summed E-state index contributed by atoms with van der Waals surface area (Å²) in [5.74, 6) is 0.528. The maximum Gasteiger partial charge on any atom is 0.0343 e. The summed E-state index contributed by atoms with van der Waals surface area (Å²) in [5, 5.41) is 3.62. The lowest BCUT2D eigenvalue weighted by Crippen LogP contribution is -2.36. The second-order valence-corrected chi connectivity index (χ2v) is 4.70. The van der Waals surface area contributed by atoms with Crippen LogP contribution in [0.25, 0.3) is 0 Å². The van der Waals surface area contributed by atoms with Crippen molar-refractivity contribution in [3.63, 3.8) is 0 Å². The molecule has 1 N–H and O–H groups in total. The Labute approximate surface area is 106 Å². The van der Waals surface area contributed by atoms with Crippen molar-refractivity contribution >= 4 is 0 Å². The zero-order valence-corrected chi connectivity index (χ0v) is 11.4. The topological polar surface area (TPSA) is 12.0 Å². The lowest BCUT2D eigenvalue weighted by molar-refractivity contribution is 0.468. The fraction of sp³-hybridized carbons (Fsp3) is 0.500. The zero-order valence-electron chi connectivity index (χ0n) is 11.4. The first-order chi connectivity index (χ1) is 8.20. The largest absolute Gasteiger partial charge is 0.310 e. The number of hydrogen-bond acceptors (Lipinski definition) is 1. The second kappa shape index (κ2) is 7.29. The van der Waals surface area contributed by atoms with Crippen LogP contribution in [-0.4, -0.2) is 12.6 Å². The van der Waals surface area contributed by atoms with E-state index in [1.54, 1.807) is 0 Å². The van der Waals surface area contributed by atoms with Gasteiger partial charge in [-0.25, -0.2) is 0 Å². The van der Waals surface area contributed by atoms with Gasteiger partial charge in [-0.3, -0.25) is 0 Å². The molecule has 17 heavy (non-hydrogen) atoms. The van der Waals surface area contributed by atoms with Crippen LogP contribution in [-0.2, 0) is 0 Å². The minimum atomic E-state index is 0.391. The van der Waals surface area contributed by atoms with Crippen molar-refractivity contribution in [2.75, 3.05) is 6.54 Å². The predicted molar refractivity (Wildman–Crippen MR) is 76.4 cm³/mol. The summed E-state index contributed by atoms with van der Waals surface area (Å²) >= 11 is 0. The van der Waals surface area contributed by atoms with Crippen LogP contribution >= 0.6 is 0 Å². The quantitative estimate of drug-likeness (QED) is 0.696. The average Bonchev–Trinajstić information content (AvgIpc) is 2.35. The molecule has 0 heterocycles. The van der Waals surface area contributed by atoms with Crippen LogP contribution in [0.1, 0.15) is 45.1 Å². The molecule has 2 atom stereocenters. The standard InChI is InChI=1S/C16H25N/c1-5-12-17-16(13(3)4)15(6-2)14-10-8-7-9-11-14/h7-11,15-17H,3,5-6,12H2,1-2,4H3. The molecular formula is C16H25N. The van der Waals surface area contributed by atoms with Gasteiger partial charge in [0.2, 0.25) is 0 Å². The summed E-state index contributed by atoms with van der Waals surface area (Å²) in [6.45, 7) is 11.8. The van der Waals surface area contributed by atoms with E-state index in [1.165, 1.54) is 11.1 Å². The number of nitrogens with one attached hydrogen (secondary N) is 1. The Morgan fingerprint density at radius 1 is 1.24 bits per heavy atom. The molecule has 0 aromatic heterocycles. The van der Waals surface area contributed by atoms with E-state index in [1.807, 2.05) is 0 Å². The first kappa shape index (κ1) is 14.0. The lowest BCUT2D eigenvalue weighted by atomic mass is 9.86. The van der Waals surface area contributed by atoms with Crippen LogP contribution in [0.15, 0.2) is 42.5 Å². The van der Waals surface area contributed by atoms with Gasteiger partial charge in [0.05, 0.1) is 0 Å². The van der Waals surface area contributed by atoms with Gasteiger partial charge in [-0.1, -0.05) is 56.3 Å². The molecule has 0 aliphatic carbocycles. The average molecular weight is 231 g/mol. The van der Waals surface area contributed by atoms with Crippen molar-refractivity contribution in [3.8, 4) is 0 Å². The highest BCUT2D eigenvalue weighted by Gasteiger charge is 2.21. The SMILES string of the molecule is C=C(C)C(NCCC)C(CC)c1ccccc1. The first-order valence-corrected chi connectivity index (χ1v) is 6.64. The van der Waals surface area contributed by atoms with Crippen LogP contribution in [0.3, 0.4) is 0 Å². The van der Waals surface area contributed by atoms with Crippen molar-refractivity contribution in [3.05, 3.63) is 48.0 Å². The van der Waals surface area contributed by atoms with Gasteiger partial charge >= 0.3 is 0 Å². The predicted octanol–water partition coefficient (Wildman–Crippen LogP) is 4.12. The Kier molecular flexibility index (Phi) is 5.99. The normalized spacial score (nSPS) is 14.3. The highest BCUT2D eigenvalue weighted by atomic mass is 14.9. The van der Waals surface area contributed by atoms with Gasteiger partial charge in [0.1, 0.15) is 0 Å². The van der Waals surface area contributed by atoms with Gasteiger partial charge in [0.15, 0.2) is 0 Å². The summed E-state index contributed by atoms with van der Waals surface area (Å²) in [6, 6.07) is 11.1.